The van der Waals surface area contributed by atoms with E-state index in [1.54, 1.807) is 11.0 Å². The van der Waals surface area contributed by atoms with Crippen LogP contribution in [0.5, 0.6) is 0 Å². The van der Waals surface area contributed by atoms with Gasteiger partial charge in [-0.05, 0) is 18.4 Å². The Morgan fingerprint density at radius 2 is 2.13 bits per heavy atom. The van der Waals surface area contributed by atoms with E-state index in [1.165, 1.54) is 17.3 Å². The highest BCUT2D eigenvalue weighted by Crippen LogP contribution is 2.29. The number of carbonyl (C=O) groups excluding carboxylic acids is 1. The second kappa shape index (κ2) is 7.46. The van der Waals surface area contributed by atoms with Crippen molar-refractivity contribution < 1.29 is 9.21 Å². The highest BCUT2D eigenvalue weighted by molar-refractivity contribution is 8.00. The van der Waals surface area contributed by atoms with Crippen LogP contribution in [0.2, 0.25) is 0 Å². The Morgan fingerprint density at radius 3 is 2.91 bits per heavy atom. The van der Waals surface area contributed by atoms with Gasteiger partial charge in [0.25, 0.3) is 5.22 Å². The van der Waals surface area contributed by atoms with Crippen molar-refractivity contribution in [3.05, 3.63) is 54.4 Å². The molecule has 1 atom stereocenters. The molecule has 0 radical (unpaired) electrons. The van der Waals surface area contributed by atoms with Crippen molar-refractivity contribution >= 4 is 17.7 Å². The summed E-state index contributed by atoms with van der Waals surface area (Å²) in [7, 11) is 0. The van der Waals surface area contributed by atoms with Crippen LogP contribution in [-0.4, -0.2) is 39.3 Å². The van der Waals surface area contributed by atoms with Gasteiger partial charge in [-0.3, -0.25) is 4.79 Å². The molecule has 23 heavy (non-hydrogen) atoms. The number of likely N-dealkylation sites (tertiary alicyclic amines) is 1. The van der Waals surface area contributed by atoms with E-state index < -0.39 is 0 Å². The maximum atomic E-state index is 12.2. The zero-order valence-electron chi connectivity index (χ0n) is 12.9. The molecule has 120 valence electrons. The van der Waals surface area contributed by atoms with Gasteiger partial charge in [0.05, 0.1) is 5.25 Å². The number of hydrogen-bond acceptors (Lipinski definition) is 5. The third-order valence-corrected chi connectivity index (χ3v) is 4.85. The first kappa shape index (κ1) is 15.8. The molecule has 5 nitrogen and oxygen atoms in total. The molecule has 2 heterocycles. The van der Waals surface area contributed by atoms with Gasteiger partial charge in [-0.2, -0.15) is 0 Å². The van der Waals surface area contributed by atoms with Crippen LogP contribution >= 0.6 is 11.8 Å². The van der Waals surface area contributed by atoms with Crippen LogP contribution in [0.4, 0.5) is 0 Å². The molecule has 0 aliphatic carbocycles. The van der Waals surface area contributed by atoms with Gasteiger partial charge < -0.3 is 9.32 Å². The van der Waals surface area contributed by atoms with Crippen molar-refractivity contribution in [2.75, 3.05) is 13.1 Å². The molecule has 3 rings (SSSR count). The summed E-state index contributed by atoms with van der Waals surface area (Å²) < 4.78 is 5.66. The summed E-state index contributed by atoms with van der Waals surface area (Å²) in [5.74, 6) is 0.740. The highest BCUT2D eigenvalue weighted by Gasteiger charge is 2.33. The molecule has 1 aliphatic rings. The maximum absolute atomic E-state index is 12.2. The number of carbonyl (C=O) groups is 1. The van der Waals surface area contributed by atoms with Crippen molar-refractivity contribution in [2.24, 2.45) is 0 Å². The summed E-state index contributed by atoms with van der Waals surface area (Å²) in [6.45, 7) is 5.04. The van der Waals surface area contributed by atoms with Gasteiger partial charge in [0.1, 0.15) is 0 Å². The molecule has 1 aromatic heterocycles. The second-order valence-corrected chi connectivity index (χ2v) is 6.57. The van der Waals surface area contributed by atoms with Gasteiger partial charge in [0, 0.05) is 19.5 Å². The topological polar surface area (TPSA) is 59.2 Å². The van der Waals surface area contributed by atoms with Gasteiger partial charge in [-0.15, -0.1) is 16.8 Å². The fourth-order valence-corrected chi connectivity index (χ4v) is 3.51. The number of aromatic nitrogens is 2. The van der Waals surface area contributed by atoms with Crippen LogP contribution in [-0.2, 0) is 17.6 Å². The molecular weight excluding hydrogens is 310 g/mol. The first-order valence-corrected chi connectivity index (χ1v) is 8.57. The highest BCUT2D eigenvalue weighted by atomic mass is 32.2. The van der Waals surface area contributed by atoms with E-state index >= 15 is 0 Å². The van der Waals surface area contributed by atoms with Crippen molar-refractivity contribution in [1.82, 2.24) is 15.1 Å². The van der Waals surface area contributed by atoms with E-state index in [1.807, 2.05) is 18.2 Å². The number of benzene rings is 1. The Balaban J connectivity index is 1.53. The first-order chi connectivity index (χ1) is 11.3. The Morgan fingerprint density at radius 1 is 1.30 bits per heavy atom. The van der Waals surface area contributed by atoms with Gasteiger partial charge in [0.15, 0.2) is 0 Å². The van der Waals surface area contributed by atoms with E-state index in [-0.39, 0.29) is 11.2 Å². The molecular formula is C17H19N3O2S. The van der Waals surface area contributed by atoms with E-state index in [4.69, 9.17) is 4.42 Å². The molecule has 0 N–H and O–H groups in total. The fraction of sp³-hybridized carbons (Fsp3) is 0.353. The van der Waals surface area contributed by atoms with E-state index in [0.717, 1.165) is 19.4 Å². The monoisotopic (exact) mass is 329 g/mol. The molecule has 1 fully saturated rings. The summed E-state index contributed by atoms with van der Waals surface area (Å²) in [4.78, 5) is 14.0. The Kier molecular flexibility index (Phi) is 5.12. The number of rotatable bonds is 7. The molecule has 1 amide bonds. The summed E-state index contributed by atoms with van der Waals surface area (Å²) >= 11 is 1.37. The normalized spacial score (nSPS) is 17.7. The second-order valence-electron chi connectivity index (χ2n) is 5.42. The van der Waals surface area contributed by atoms with Crippen LogP contribution < -0.4 is 0 Å². The van der Waals surface area contributed by atoms with Crippen LogP contribution in [0.15, 0.2) is 52.6 Å². The average Bonchev–Trinajstić information content (AvgIpc) is 3.16. The van der Waals surface area contributed by atoms with Crippen LogP contribution in [0.3, 0.4) is 0 Å². The van der Waals surface area contributed by atoms with Crippen molar-refractivity contribution in [3.63, 3.8) is 0 Å². The van der Waals surface area contributed by atoms with E-state index in [2.05, 4.69) is 28.9 Å². The Hall–Kier alpha value is -2.08. The number of thioether (sulfide) groups is 1. The molecule has 1 aromatic carbocycles. The van der Waals surface area contributed by atoms with Gasteiger partial charge in [-0.25, -0.2) is 0 Å². The van der Waals surface area contributed by atoms with Gasteiger partial charge >= 0.3 is 0 Å². The third kappa shape index (κ3) is 4.01. The molecule has 0 bridgehead atoms. The number of amides is 1. The summed E-state index contributed by atoms with van der Waals surface area (Å²) in [5.41, 5.74) is 1.24. The summed E-state index contributed by atoms with van der Waals surface area (Å²) in [5, 5.41) is 8.48. The minimum atomic E-state index is -0.127. The van der Waals surface area contributed by atoms with Crippen molar-refractivity contribution in [3.8, 4) is 0 Å². The molecule has 1 aliphatic heterocycles. The predicted octanol–water partition coefficient (Wildman–Crippen LogP) is 2.73. The van der Waals surface area contributed by atoms with Crippen LogP contribution in [0.25, 0.3) is 0 Å². The summed E-state index contributed by atoms with van der Waals surface area (Å²) in [6.07, 6.45) is 4.12. The lowest BCUT2D eigenvalue weighted by molar-refractivity contribution is -0.126. The van der Waals surface area contributed by atoms with E-state index in [9.17, 15) is 4.79 Å². The SMILES string of the molecule is C=CCN1CC[C@@H](Sc2nnc(CCc3ccccc3)o2)C1=O. The average molecular weight is 329 g/mol. The Labute approximate surface area is 139 Å². The summed E-state index contributed by atoms with van der Waals surface area (Å²) in [6, 6.07) is 10.2. The maximum Gasteiger partial charge on any atom is 0.277 e. The molecule has 0 spiro atoms. The molecule has 1 saturated heterocycles. The predicted molar refractivity (Wildman–Crippen MR) is 89.2 cm³/mol. The number of hydrogen-bond donors (Lipinski definition) is 0. The van der Waals surface area contributed by atoms with Gasteiger partial charge in [-0.1, -0.05) is 48.2 Å². The zero-order chi connectivity index (χ0) is 16.1. The quantitative estimate of drug-likeness (QED) is 0.731. The molecule has 2 aromatic rings. The first-order valence-electron chi connectivity index (χ1n) is 7.69. The van der Waals surface area contributed by atoms with Crippen LogP contribution in [0.1, 0.15) is 17.9 Å². The minimum Gasteiger partial charge on any atom is -0.416 e. The van der Waals surface area contributed by atoms with Crippen molar-refractivity contribution in [2.45, 2.75) is 29.7 Å². The third-order valence-electron chi connectivity index (χ3n) is 3.76. The lowest BCUT2D eigenvalue weighted by atomic mass is 10.1. The zero-order valence-corrected chi connectivity index (χ0v) is 13.7. The largest absolute Gasteiger partial charge is 0.416 e. The minimum absolute atomic E-state index is 0.124. The van der Waals surface area contributed by atoms with Crippen molar-refractivity contribution in [1.29, 1.82) is 0 Å². The van der Waals surface area contributed by atoms with E-state index in [0.29, 0.717) is 24.1 Å². The molecule has 0 unspecified atom stereocenters. The smallest absolute Gasteiger partial charge is 0.277 e. The standard InChI is InChI=1S/C17H19N3O2S/c1-2-11-20-12-10-14(16(20)21)23-17-19-18-15(22-17)9-8-13-6-4-3-5-7-13/h2-7,14H,1,8-12H2/t14-/m1/s1. The van der Waals surface area contributed by atoms with Crippen LogP contribution in [0, 0.1) is 0 Å². The lowest BCUT2D eigenvalue weighted by Gasteiger charge is -2.12. The Bertz CT molecular complexity index is 671. The molecule has 6 heteroatoms. The lowest BCUT2D eigenvalue weighted by Crippen LogP contribution is -2.28. The fourth-order valence-electron chi connectivity index (χ4n) is 2.56. The molecule has 0 saturated carbocycles. The number of aryl methyl sites for hydroxylation is 2. The van der Waals surface area contributed by atoms with Gasteiger partial charge in [0.2, 0.25) is 11.8 Å². The number of nitrogens with zero attached hydrogens (tertiary/aromatic N) is 3.